The molecule has 0 spiro atoms. The van der Waals surface area contributed by atoms with Gasteiger partial charge in [-0.2, -0.15) is 0 Å². The zero-order chi connectivity index (χ0) is 16.4. The lowest BCUT2D eigenvalue weighted by molar-refractivity contribution is 0.262. The topological polar surface area (TPSA) is 40.2 Å². The first-order valence-corrected chi connectivity index (χ1v) is 18.3. The van der Waals surface area contributed by atoms with E-state index in [0.29, 0.717) is 0 Å². The van der Waals surface area contributed by atoms with Crippen molar-refractivity contribution in [3.05, 3.63) is 0 Å². The maximum absolute atomic E-state index is 6.38. The molecule has 0 bridgehead atoms. The number of hydrogen-bond acceptors (Lipinski definition) is 5. The molecule has 9 heteroatoms. The van der Waals surface area contributed by atoms with Crippen molar-refractivity contribution in [2.24, 2.45) is 0 Å². The first kappa shape index (κ1) is 20.7. The molecule has 0 aromatic rings. The van der Waals surface area contributed by atoms with Crippen LogP contribution in [0, 0.1) is 0 Å². The monoisotopic (exact) mass is 355 g/mol. The molecule has 0 saturated heterocycles. The molecule has 0 aliphatic carbocycles. The van der Waals surface area contributed by atoms with Gasteiger partial charge in [0.2, 0.25) is 0 Å². The van der Waals surface area contributed by atoms with Crippen molar-refractivity contribution < 1.29 is 16.8 Å². The lowest BCUT2D eigenvalue weighted by Gasteiger charge is -2.41. The van der Waals surface area contributed by atoms with Gasteiger partial charge in [0.25, 0.3) is 8.48 Å². The van der Waals surface area contributed by atoms with Gasteiger partial charge in [0.05, 0.1) is 0 Å². The summed E-state index contributed by atoms with van der Waals surface area (Å²) in [5.41, 5.74) is 0. The van der Waals surface area contributed by atoms with Gasteiger partial charge in [-0.1, -0.05) is 0 Å². The normalized spacial score (nSPS) is 15.0. The molecule has 122 valence electrons. The van der Waals surface area contributed by atoms with Crippen LogP contribution in [0.25, 0.3) is 0 Å². The Morgan fingerprint density at radius 3 is 1.30 bits per heavy atom. The SMILES string of the molecule is CO[Si](C)(C)O[Si](C)(C)O[Si](C)(C)O[Si](C)(C)N(C)C. The fraction of sp³-hybridized carbons (Fsp3) is 1.00. The average molecular weight is 356 g/mol. The van der Waals surface area contributed by atoms with Crippen molar-refractivity contribution in [2.75, 3.05) is 21.2 Å². The molecule has 0 fully saturated rings. The third-order valence-electron chi connectivity index (χ3n) is 3.05. The van der Waals surface area contributed by atoms with Crippen LogP contribution in [-0.4, -0.2) is 59.9 Å². The van der Waals surface area contributed by atoms with Crippen LogP contribution in [0.2, 0.25) is 52.4 Å². The summed E-state index contributed by atoms with van der Waals surface area (Å²) in [6.45, 7) is 16.8. The predicted molar refractivity (Wildman–Crippen MR) is 93.9 cm³/mol. The highest BCUT2D eigenvalue weighted by Gasteiger charge is 2.44. The van der Waals surface area contributed by atoms with Gasteiger partial charge in [0.15, 0.2) is 0 Å². The van der Waals surface area contributed by atoms with E-state index in [4.69, 9.17) is 16.8 Å². The van der Waals surface area contributed by atoms with Crippen molar-refractivity contribution in [3.8, 4) is 0 Å². The standard InChI is InChI=1S/C11H33NO4Si4/c1-12(2)17(4,5)14-19(8,9)16-20(10,11)15-18(6,7)13-3/h1-11H3. The second-order valence-electron chi connectivity index (χ2n) is 7.05. The van der Waals surface area contributed by atoms with E-state index in [9.17, 15) is 0 Å². The quantitative estimate of drug-likeness (QED) is 0.626. The van der Waals surface area contributed by atoms with Gasteiger partial charge in [0, 0.05) is 7.11 Å². The highest BCUT2D eigenvalue weighted by Crippen LogP contribution is 2.24. The second-order valence-corrected chi connectivity index (χ2v) is 22.1. The van der Waals surface area contributed by atoms with E-state index in [1.165, 1.54) is 0 Å². The van der Waals surface area contributed by atoms with Crippen LogP contribution in [0.3, 0.4) is 0 Å². The van der Waals surface area contributed by atoms with Crippen LogP contribution in [0.15, 0.2) is 0 Å². The lowest BCUT2D eigenvalue weighted by atomic mass is 11.3. The fourth-order valence-corrected chi connectivity index (χ4v) is 18.4. The summed E-state index contributed by atoms with van der Waals surface area (Å²) in [4.78, 5) is 0. The summed E-state index contributed by atoms with van der Waals surface area (Å²) in [7, 11) is -2.59. The van der Waals surface area contributed by atoms with Gasteiger partial charge in [-0.15, -0.1) is 0 Å². The number of rotatable bonds is 8. The second kappa shape index (κ2) is 6.83. The molecule has 0 saturated carbocycles. The van der Waals surface area contributed by atoms with E-state index in [1.807, 2.05) is 13.1 Å². The molecule has 0 radical (unpaired) electrons. The molecular formula is C11H33NO4Si4. The first-order chi connectivity index (χ1) is 8.63. The molecule has 0 aromatic heterocycles. The van der Waals surface area contributed by atoms with Crippen molar-refractivity contribution in [3.63, 3.8) is 0 Å². The third-order valence-corrected chi connectivity index (χ3v) is 18.0. The lowest BCUT2D eigenvalue weighted by Crippen LogP contribution is -2.59. The summed E-state index contributed by atoms with van der Waals surface area (Å²) < 4.78 is 26.6. The molecule has 5 nitrogen and oxygen atoms in total. The molecule has 0 amide bonds. The summed E-state index contributed by atoms with van der Waals surface area (Å²) in [5.74, 6) is 0. The van der Waals surface area contributed by atoms with Crippen molar-refractivity contribution >= 4 is 34.2 Å². The van der Waals surface area contributed by atoms with Crippen LogP contribution >= 0.6 is 0 Å². The Labute approximate surface area is 129 Å². The molecule has 0 N–H and O–H groups in total. The molecule has 0 unspecified atom stereocenters. The van der Waals surface area contributed by atoms with Gasteiger partial charge >= 0.3 is 25.7 Å². The Morgan fingerprint density at radius 2 is 0.950 bits per heavy atom. The highest BCUT2D eigenvalue weighted by atomic mass is 28.5. The van der Waals surface area contributed by atoms with Gasteiger partial charge in [-0.3, -0.25) is 0 Å². The van der Waals surface area contributed by atoms with E-state index in [1.54, 1.807) is 7.11 Å². The maximum atomic E-state index is 6.38. The van der Waals surface area contributed by atoms with Crippen molar-refractivity contribution in [1.29, 1.82) is 0 Å². The minimum atomic E-state index is -2.25. The van der Waals surface area contributed by atoms with E-state index >= 15 is 0 Å². The van der Waals surface area contributed by atoms with Gasteiger partial charge in [0.1, 0.15) is 0 Å². The van der Waals surface area contributed by atoms with Crippen LogP contribution in [0.5, 0.6) is 0 Å². The Balaban J connectivity index is 4.82. The molecule has 20 heavy (non-hydrogen) atoms. The van der Waals surface area contributed by atoms with Gasteiger partial charge in [-0.05, 0) is 66.5 Å². The molecule has 0 aliphatic rings. The molecule has 0 atom stereocenters. The molecular weight excluding hydrogens is 322 g/mol. The summed E-state index contributed by atoms with van der Waals surface area (Å²) in [5, 5.41) is 0. The number of nitrogens with zero attached hydrogens (tertiary/aromatic N) is 1. The van der Waals surface area contributed by atoms with E-state index in [-0.39, 0.29) is 0 Å². The molecule has 0 rings (SSSR count). The zero-order valence-electron chi connectivity index (χ0n) is 15.1. The van der Waals surface area contributed by atoms with Crippen LogP contribution in [0.1, 0.15) is 0 Å². The minimum absolute atomic E-state index is 1.71. The number of hydrogen-bond donors (Lipinski definition) is 0. The smallest absolute Gasteiger partial charge is 0.322 e. The maximum Gasteiger partial charge on any atom is 0.322 e. The largest absolute Gasteiger partial charge is 0.424 e. The molecule has 0 aromatic carbocycles. The van der Waals surface area contributed by atoms with Crippen molar-refractivity contribution in [1.82, 2.24) is 4.57 Å². The van der Waals surface area contributed by atoms with Crippen molar-refractivity contribution in [2.45, 2.75) is 52.4 Å². The fourth-order valence-electron chi connectivity index (χ4n) is 1.96. The highest BCUT2D eigenvalue weighted by molar-refractivity contribution is 6.88. The molecule has 0 aliphatic heterocycles. The Morgan fingerprint density at radius 1 is 0.600 bits per heavy atom. The van der Waals surface area contributed by atoms with E-state index < -0.39 is 34.2 Å². The van der Waals surface area contributed by atoms with Crippen LogP contribution in [-0.2, 0) is 16.8 Å². The molecule has 0 heterocycles. The Bertz CT molecular complexity index is 322. The van der Waals surface area contributed by atoms with E-state index in [2.05, 4.69) is 57.9 Å². The Hall–Kier alpha value is 0.668. The van der Waals surface area contributed by atoms with Crippen LogP contribution in [0.4, 0.5) is 0 Å². The van der Waals surface area contributed by atoms with Gasteiger partial charge < -0.3 is 21.3 Å². The summed E-state index contributed by atoms with van der Waals surface area (Å²) >= 11 is 0. The summed E-state index contributed by atoms with van der Waals surface area (Å²) in [6.07, 6.45) is 0. The first-order valence-electron chi connectivity index (χ1n) is 6.96. The predicted octanol–water partition coefficient (Wildman–Crippen LogP) is 3.05. The zero-order valence-corrected chi connectivity index (χ0v) is 19.1. The summed E-state index contributed by atoms with van der Waals surface area (Å²) in [6, 6.07) is 0. The third kappa shape index (κ3) is 7.61. The van der Waals surface area contributed by atoms with Crippen LogP contribution < -0.4 is 0 Å². The minimum Gasteiger partial charge on any atom is -0.424 e. The van der Waals surface area contributed by atoms with E-state index in [0.717, 1.165) is 0 Å². The van der Waals surface area contributed by atoms with Gasteiger partial charge in [-0.25, -0.2) is 0 Å². The average Bonchev–Trinajstić information content (AvgIpc) is 2.11. The Kier molecular flexibility index (Phi) is 7.06.